The maximum Gasteiger partial charge on any atom is 0.230 e. The maximum absolute atomic E-state index is 14.1. The van der Waals surface area contributed by atoms with Gasteiger partial charge in [-0.25, -0.2) is 4.39 Å². The molecule has 5 heteroatoms. The third kappa shape index (κ3) is 2.50. The first-order valence-corrected chi connectivity index (χ1v) is 6.71. The van der Waals surface area contributed by atoms with Gasteiger partial charge in [0.05, 0.1) is 5.56 Å². The van der Waals surface area contributed by atoms with Gasteiger partial charge in [0.2, 0.25) is 5.88 Å². The molecule has 0 amide bonds. The number of nitrogen functional groups attached to an aromatic ring is 1. The van der Waals surface area contributed by atoms with E-state index in [0.717, 1.165) is 11.1 Å². The van der Waals surface area contributed by atoms with Crippen LogP contribution in [0.25, 0.3) is 22.4 Å². The molecule has 106 valence electrons. The number of anilines is 1. The Bertz CT molecular complexity index is 797. The third-order valence-corrected chi connectivity index (χ3v) is 3.48. The molecule has 0 aliphatic heterocycles. The minimum Gasteiger partial charge on any atom is -0.367 e. The third-order valence-electron chi connectivity index (χ3n) is 3.24. The average Bonchev–Trinajstić information content (AvgIpc) is 2.82. The van der Waals surface area contributed by atoms with E-state index in [-0.39, 0.29) is 5.88 Å². The van der Waals surface area contributed by atoms with Crippen LogP contribution in [0, 0.1) is 12.7 Å². The van der Waals surface area contributed by atoms with E-state index in [0.29, 0.717) is 21.8 Å². The molecule has 0 saturated heterocycles. The van der Waals surface area contributed by atoms with Crippen LogP contribution >= 0.6 is 11.6 Å². The minimum atomic E-state index is -0.468. The predicted molar refractivity (Wildman–Crippen MR) is 81.5 cm³/mol. The highest BCUT2D eigenvalue weighted by Gasteiger charge is 2.20. The van der Waals surface area contributed by atoms with Crippen LogP contribution in [0.2, 0.25) is 5.02 Å². The lowest BCUT2D eigenvalue weighted by atomic mass is 10.00. The van der Waals surface area contributed by atoms with Crippen molar-refractivity contribution in [3.63, 3.8) is 0 Å². The van der Waals surface area contributed by atoms with Crippen molar-refractivity contribution in [1.29, 1.82) is 0 Å². The van der Waals surface area contributed by atoms with Crippen LogP contribution in [-0.4, -0.2) is 5.16 Å². The molecule has 21 heavy (non-hydrogen) atoms. The number of aromatic nitrogens is 1. The van der Waals surface area contributed by atoms with Crippen molar-refractivity contribution in [2.45, 2.75) is 6.92 Å². The highest BCUT2D eigenvalue weighted by atomic mass is 35.5. The number of hydrogen-bond acceptors (Lipinski definition) is 3. The summed E-state index contributed by atoms with van der Waals surface area (Å²) in [6.07, 6.45) is 0. The van der Waals surface area contributed by atoms with Gasteiger partial charge in [0.1, 0.15) is 11.5 Å². The molecule has 0 aliphatic rings. The number of rotatable bonds is 2. The number of benzene rings is 2. The molecule has 3 rings (SSSR count). The lowest BCUT2D eigenvalue weighted by molar-refractivity contribution is 0.439. The van der Waals surface area contributed by atoms with Crippen molar-refractivity contribution in [2.75, 3.05) is 5.73 Å². The van der Waals surface area contributed by atoms with Gasteiger partial charge in [-0.15, -0.1) is 0 Å². The van der Waals surface area contributed by atoms with E-state index in [1.165, 1.54) is 6.07 Å². The first-order chi connectivity index (χ1) is 10.1. The molecule has 0 radical (unpaired) electrons. The van der Waals surface area contributed by atoms with Crippen molar-refractivity contribution >= 4 is 17.5 Å². The van der Waals surface area contributed by atoms with E-state index in [1.54, 1.807) is 12.1 Å². The van der Waals surface area contributed by atoms with Crippen LogP contribution in [0.4, 0.5) is 10.3 Å². The summed E-state index contributed by atoms with van der Waals surface area (Å²) in [5, 5.41) is 4.22. The van der Waals surface area contributed by atoms with Crippen LogP contribution in [0.15, 0.2) is 47.0 Å². The van der Waals surface area contributed by atoms with Crippen molar-refractivity contribution in [3.8, 4) is 22.4 Å². The molecule has 0 saturated carbocycles. The SMILES string of the molecule is Cc1ccc(-c2c(-c3ccc(Cl)cc3F)noc2N)cc1. The van der Waals surface area contributed by atoms with Gasteiger partial charge < -0.3 is 10.3 Å². The number of halogens is 2. The van der Waals surface area contributed by atoms with Crippen molar-refractivity contribution < 1.29 is 8.91 Å². The normalized spacial score (nSPS) is 10.8. The van der Waals surface area contributed by atoms with Gasteiger partial charge in [-0.1, -0.05) is 46.6 Å². The van der Waals surface area contributed by atoms with Crippen molar-refractivity contribution in [3.05, 3.63) is 58.9 Å². The second-order valence-electron chi connectivity index (χ2n) is 4.76. The standard InChI is InChI=1S/C16H12ClFN2O/c1-9-2-4-10(5-3-9)14-15(20-21-16(14)19)12-7-6-11(17)8-13(12)18/h2-8H,19H2,1H3. The number of hydrogen-bond donors (Lipinski definition) is 1. The topological polar surface area (TPSA) is 52.0 Å². The molecule has 0 bridgehead atoms. The zero-order chi connectivity index (χ0) is 15.0. The molecule has 3 nitrogen and oxygen atoms in total. The fourth-order valence-corrected chi connectivity index (χ4v) is 2.33. The second-order valence-corrected chi connectivity index (χ2v) is 5.20. The highest BCUT2D eigenvalue weighted by molar-refractivity contribution is 6.30. The Balaban J connectivity index is 2.19. The summed E-state index contributed by atoms with van der Waals surface area (Å²) in [6, 6.07) is 12.1. The zero-order valence-electron chi connectivity index (χ0n) is 11.2. The molecule has 0 unspecified atom stereocenters. The Morgan fingerprint density at radius 3 is 2.52 bits per heavy atom. The Morgan fingerprint density at radius 1 is 1.14 bits per heavy atom. The van der Waals surface area contributed by atoms with Crippen molar-refractivity contribution in [1.82, 2.24) is 5.16 Å². The summed E-state index contributed by atoms with van der Waals surface area (Å²) in [6.45, 7) is 1.99. The summed E-state index contributed by atoms with van der Waals surface area (Å²) in [7, 11) is 0. The Morgan fingerprint density at radius 2 is 1.86 bits per heavy atom. The van der Waals surface area contributed by atoms with Crippen LogP contribution in [0.1, 0.15) is 5.56 Å². The zero-order valence-corrected chi connectivity index (χ0v) is 12.0. The summed E-state index contributed by atoms with van der Waals surface area (Å²) < 4.78 is 19.1. The van der Waals surface area contributed by atoms with Crippen LogP contribution in [0.5, 0.6) is 0 Å². The first-order valence-electron chi connectivity index (χ1n) is 6.34. The summed E-state index contributed by atoms with van der Waals surface area (Å²) >= 11 is 5.78. The molecule has 2 N–H and O–H groups in total. The molecule has 0 fully saturated rings. The fourth-order valence-electron chi connectivity index (χ4n) is 2.17. The van der Waals surface area contributed by atoms with Gasteiger partial charge in [-0.3, -0.25) is 0 Å². The van der Waals surface area contributed by atoms with E-state index in [2.05, 4.69) is 5.16 Å². The second kappa shape index (κ2) is 5.22. The van der Waals surface area contributed by atoms with Gasteiger partial charge >= 0.3 is 0 Å². The van der Waals surface area contributed by atoms with E-state index in [1.807, 2.05) is 31.2 Å². The minimum absolute atomic E-state index is 0.156. The quantitative estimate of drug-likeness (QED) is 0.747. The lowest BCUT2D eigenvalue weighted by Crippen LogP contribution is -1.90. The molecule has 0 aliphatic carbocycles. The van der Waals surface area contributed by atoms with Crippen LogP contribution in [-0.2, 0) is 0 Å². The monoisotopic (exact) mass is 302 g/mol. The molecule has 3 aromatic rings. The lowest BCUT2D eigenvalue weighted by Gasteiger charge is -2.05. The first kappa shape index (κ1) is 13.6. The smallest absolute Gasteiger partial charge is 0.230 e. The van der Waals surface area contributed by atoms with Gasteiger partial charge in [0.15, 0.2) is 0 Å². The summed E-state index contributed by atoms with van der Waals surface area (Å²) in [4.78, 5) is 0. The van der Waals surface area contributed by atoms with Gasteiger partial charge in [0, 0.05) is 10.6 Å². The Hall–Kier alpha value is -2.33. The van der Waals surface area contributed by atoms with Gasteiger partial charge in [0.25, 0.3) is 0 Å². The highest BCUT2D eigenvalue weighted by Crippen LogP contribution is 2.37. The van der Waals surface area contributed by atoms with Crippen LogP contribution in [0.3, 0.4) is 0 Å². The Kier molecular flexibility index (Phi) is 3.39. The maximum atomic E-state index is 14.1. The molecule has 0 atom stereocenters. The number of nitrogens with two attached hydrogens (primary N) is 1. The molecule has 0 spiro atoms. The number of aryl methyl sites for hydroxylation is 1. The van der Waals surface area contributed by atoms with Gasteiger partial charge in [-0.2, -0.15) is 0 Å². The predicted octanol–water partition coefficient (Wildman–Crippen LogP) is 4.69. The Labute approximate surface area is 126 Å². The molecule has 1 aromatic heterocycles. The van der Waals surface area contributed by atoms with Crippen molar-refractivity contribution in [2.24, 2.45) is 0 Å². The van der Waals surface area contributed by atoms with Crippen LogP contribution < -0.4 is 5.73 Å². The number of nitrogens with zero attached hydrogens (tertiary/aromatic N) is 1. The summed E-state index contributed by atoms with van der Waals surface area (Å²) in [5.41, 5.74) is 9.04. The largest absolute Gasteiger partial charge is 0.367 e. The van der Waals surface area contributed by atoms with E-state index in [4.69, 9.17) is 21.9 Å². The fraction of sp³-hybridized carbons (Fsp3) is 0.0625. The molecular formula is C16H12ClFN2O. The molecular weight excluding hydrogens is 291 g/mol. The van der Waals surface area contributed by atoms with E-state index >= 15 is 0 Å². The van der Waals surface area contributed by atoms with E-state index < -0.39 is 5.82 Å². The molecule has 2 aromatic carbocycles. The van der Waals surface area contributed by atoms with Gasteiger partial charge in [-0.05, 0) is 30.7 Å². The average molecular weight is 303 g/mol. The summed E-state index contributed by atoms with van der Waals surface area (Å²) in [5.74, 6) is -0.313. The molecule has 1 heterocycles. The van der Waals surface area contributed by atoms with E-state index in [9.17, 15) is 4.39 Å².